The van der Waals surface area contributed by atoms with E-state index < -0.39 is 5.60 Å². The van der Waals surface area contributed by atoms with Crippen molar-refractivity contribution in [3.8, 4) is 5.75 Å². The van der Waals surface area contributed by atoms with Crippen molar-refractivity contribution in [2.45, 2.75) is 25.4 Å². The molecule has 0 spiro atoms. The molecular weight excluding hydrogens is 329 g/mol. The first-order valence-corrected chi connectivity index (χ1v) is 7.25. The fourth-order valence-corrected chi connectivity index (χ4v) is 2.53. The summed E-state index contributed by atoms with van der Waals surface area (Å²) in [5, 5.41) is 9.83. The van der Waals surface area contributed by atoms with E-state index in [0.717, 1.165) is 0 Å². The highest BCUT2D eigenvalue weighted by atomic mass is 79.9. The van der Waals surface area contributed by atoms with Gasteiger partial charge < -0.3 is 14.7 Å². The third-order valence-electron chi connectivity index (χ3n) is 3.44. The van der Waals surface area contributed by atoms with Gasteiger partial charge in [0.25, 0.3) is 5.91 Å². The Balaban J connectivity index is 1.86. The van der Waals surface area contributed by atoms with Crippen molar-refractivity contribution in [1.82, 2.24) is 4.90 Å². The van der Waals surface area contributed by atoms with Gasteiger partial charge in [0.05, 0.1) is 10.1 Å². The van der Waals surface area contributed by atoms with Crippen LogP contribution in [0.4, 0.5) is 4.39 Å². The van der Waals surface area contributed by atoms with E-state index in [1.165, 1.54) is 18.2 Å². The quantitative estimate of drug-likeness (QED) is 0.914. The van der Waals surface area contributed by atoms with Crippen LogP contribution in [0.5, 0.6) is 5.75 Å². The van der Waals surface area contributed by atoms with Crippen LogP contribution in [0.3, 0.4) is 0 Å². The Morgan fingerprint density at radius 2 is 2.15 bits per heavy atom. The lowest BCUT2D eigenvalue weighted by molar-refractivity contribution is -0.137. The predicted octanol–water partition coefficient (Wildman–Crippen LogP) is 2.34. The van der Waals surface area contributed by atoms with E-state index >= 15 is 0 Å². The minimum Gasteiger partial charge on any atom is -0.483 e. The molecule has 0 bridgehead atoms. The van der Waals surface area contributed by atoms with Crippen molar-refractivity contribution in [2.24, 2.45) is 0 Å². The molecule has 1 N–H and O–H groups in total. The highest BCUT2D eigenvalue weighted by Crippen LogP contribution is 2.26. The Hall–Kier alpha value is -1.14. The van der Waals surface area contributed by atoms with Crippen LogP contribution < -0.4 is 4.74 Å². The zero-order valence-corrected chi connectivity index (χ0v) is 12.8. The molecule has 0 aliphatic carbocycles. The van der Waals surface area contributed by atoms with Crippen molar-refractivity contribution in [3.63, 3.8) is 0 Å². The number of piperidine rings is 1. The molecule has 0 unspecified atom stereocenters. The summed E-state index contributed by atoms with van der Waals surface area (Å²) in [6.07, 6.45) is 1.14. The summed E-state index contributed by atoms with van der Waals surface area (Å²) in [5.41, 5.74) is -0.683. The maximum atomic E-state index is 12.9. The molecule has 6 heteroatoms. The number of hydrogen-bond acceptors (Lipinski definition) is 3. The Morgan fingerprint density at radius 3 is 2.75 bits per heavy atom. The molecule has 1 saturated heterocycles. The van der Waals surface area contributed by atoms with E-state index in [1.807, 2.05) is 0 Å². The van der Waals surface area contributed by atoms with Gasteiger partial charge in [0.1, 0.15) is 11.6 Å². The van der Waals surface area contributed by atoms with E-state index in [2.05, 4.69) is 15.9 Å². The molecule has 1 aliphatic rings. The maximum absolute atomic E-state index is 12.9. The molecular formula is C14H17BrFNO3. The first-order valence-electron chi connectivity index (χ1n) is 6.45. The summed E-state index contributed by atoms with van der Waals surface area (Å²) >= 11 is 3.19. The summed E-state index contributed by atoms with van der Waals surface area (Å²) in [6.45, 7) is 2.74. The highest BCUT2D eigenvalue weighted by molar-refractivity contribution is 9.10. The summed E-state index contributed by atoms with van der Waals surface area (Å²) in [6, 6.07) is 4.05. The van der Waals surface area contributed by atoms with Gasteiger partial charge in [0.15, 0.2) is 6.61 Å². The minimum atomic E-state index is -0.683. The van der Waals surface area contributed by atoms with E-state index in [-0.39, 0.29) is 18.3 Å². The number of aliphatic hydroxyl groups is 1. The monoisotopic (exact) mass is 345 g/mol. The number of carbonyl (C=O) groups is 1. The van der Waals surface area contributed by atoms with Crippen molar-refractivity contribution in [1.29, 1.82) is 0 Å². The van der Waals surface area contributed by atoms with Gasteiger partial charge in [-0.3, -0.25) is 4.79 Å². The minimum absolute atomic E-state index is 0.0909. The van der Waals surface area contributed by atoms with Gasteiger partial charge >= 0.3 is 0 Å². The number of ether oxygens (including phenoxy) is 1. The van der Waals surface area contributed by atoms with Crippen LogP contribution in [-0.4, -0.2) is 41.2 Å². The fourth-order valence-electron chi connectivity index (χ4n) is 2.06. The molecule has 20 heavy (non-hydrogen) atoms. The van der Waals surface area contributed by atoms with Gasteiger partial charge in [-0.2, -0.15) is 0 Å². The van der Waals surface area contributed by atoms with E-state index in [9.17, 15) is 14.3 Å². The number of likely N-dealkylation sites (tertiary alicyclic amines) is 1. The van der Waals surface area contributed by atoms with Crippen molar-refractivity contribution >= 4 is 21.8 Å². The Kier molecular flexibility index (Phi) is 4.65. The molecule has 0 aromatic heterocycles. The SMILES string of the molecule is CC1(O)CCN(C(=O)COc2ccc(F)cc2Br)CC1. The molecule has 1 aromatic carbocycles. The summed E-state index contributed by atoms with van der Waals surface area (Å²) in [5.74, 6) is -0.0608. The largest absolute Gasteiger partial charge is 0.483 e. The molecule has 4 nitrogen and oxygen atoms in total. The molecule has 0 saturated carbocycles. The number of carbonyl (C=O) groups excluding carboxylic acids is 1. The van der Waals surface area contributed by atoms with Gasteiger partial charge in [-0.05, 0) is 53.9 Å². The number of nitrogens with zero attached hydrogens (tertiary/aromatic N) is 1. The summed E-state index contributed by atoms with van der Waals surface area (Å²) < 4.78 is 18.8. The number of amides is 1. The zero-order chi connectivity index (χ0) is 14.8. The molecule has 110 valence electrons. The van der Waals surface area contributed by atoms with Gasteiger partial charge in [0.2, 0.25) is 0 Å². The molecule has 1 fully saturated rings. The third-order valence-corrected chi connectivity index (χ3v) is 4.06. The lowest BCUT2D eigenvalue weighted by Gasteiger charge is -2.35. The molecule has 2 rings (SSSR count). The van der Waals surface area contributed by atoms with Gasteiger partial charge in [-0.1, -0.05) is 0 Å². The number of benzene rings is 1. The maximum Gasteiger partial charge on any atom is 0.260 e. The van der Waals surface area contributed by atoms with Crippen LogP contribution in [0.25, 0.3) is 0 Å². The van der Waals surface area contributed by atoms with Crippen LogP contribution in [0.15, 0.2) is 22.7 Å². The predicted molar refractivity (Wildman–Crippen MR) is 76.0 cm³/mol. The average Bonchev–Trinajstić information content (AvgIpc) is 2.37. The summed E-state index contributed by atoms with van der Waals surface area (Å²) in [7, 11) is 0. The number of halogens is 2. The lowest BCUT2D eigenvalue weighted by Crippen LogP contribution is -2.46. The number of hydrogen-bond donors (Lipinski definition) is 1. The standard InChI is InChI=1S/C14H17BrFNO3/c1-14(19)4-6-17(7-5-14)13(18)9-20-12-3-2-10(16)8-11(12)15/h2-3,8,19H,4-7,9H2,1H3. The fraction of sp³-hybridized carbons (Fsp3) is 0.500. The first kappa shape index (κ1) is 15.3. The third kappa shape index (κ3) is 3.93. The second kappa shape index (κ2) is 6.10. The number of rotatable bonds is 3. The second-order valence-electron chi connectivity index (χ2n) is 5.24. The van der Waals surface area contributed by atoms with Gasteiger partial charge in [-0.25, -0.2) is 4.39 Å². The van der Waals surface area contributed by atoms with Crippen LogP contribution in [0.1, 0.15) is 19.8 Å². The van der Waals surface area contributed by atoms with Crippen LogP contribution >= 0.6 is 15.9 Å². The van der Waals surface area contributed by atoms with Crippen LogP contribution in [0, 0.1) is 5.82 Å². The Labute approximate surface area is 125 Å². The van der Waals surface area contributed by atoms with Gasteiger partial charge in [-0.15, -0.1) is 0 Å². The van der Waals surface area contributed by atoms with Crippen LogP contribution in [-0.2, 0) is 4.79 Å². The smallest absolute Gasteiger partial charge is 0.260 e. The molecule has 1 heterocycles. The van der Waals surface area contributed by atoms with E-state index in [4.69, 9.17) is 4.74 Å². The summed E-state index contributed by atoms with van der Waals surface area (Å²) in [4.78, 5) is 13.7. The molecule has 0 radical (unpaired) electrons. The van der Waals surface area contributed by atoms with Crippen LogP contribution in [0.2, 0.25) is 0 Å². The van der Waals surface area contributed by atoms with Crippen molar-refractivity contribution in [2.75, 3.05) is 19.7 Å². The average molecular weight is 346 g/mol. The normalized spacial score (nSPS) is 17.9. The lowest BCUT2D eigenvalue weighted by atomic mass is 9.94. The van der Waals surface area contributed by atoms with E-state index in [1.54, 1.807) is 11.8 Å². The van der Waals surface area contributed by atoms with E-state index in [0.29, 0.717) is 36.2 Å². The zero-order valence-electron chi connectivity index (χ0n) is 11.2. The molecule has 1 aliphatic heterocycles. The highest BCUT2D eigenvalue weighted by Gasteiger charge is 2.29. The molecule has 0 atom stereocenters. The van der Waals surface area contributed by atoms with Crippen molar-refractivity contribution in [3.05, 3.63) is 28.5 Å². The Bertz CT molecular complexity index is 497. The van der Waals surface area contributed by atoms with Gasteiger partial charge in [0, 0.05) is 13.1 Å². The first-order chi connectivity index (χ1) is 9.37. The topological polar surface area (TPSA) is 49.8 Å². The second-order valence-corrected chi connectivity index (χ2v) is 6.10. The Morgan fingerprint density at radius 1 is 1.50 bits per heavy atom. The molecule has 1 amide bonds. The molecule has 1 aromatic rings. The van der Waals surface area contributed by atoms with Crippen molar-refractivity contribution < 1.29 is 19.0 Å².